The van der Waals surface area contributed by atoms with Crippen LogP contribution in [0.1, 0.15) is 23.7 Å². The number of carbonyl (C=O) groups excluding carboxylic acids is 1. The van der Waals surface area contributed by atoms with Crippen molar-refractivity contribution in [2.24, 2.45) is 0 Å². The molecule has 0 bridgehead atoms. The first-order chi connectivity index (χ1) is 6.26. The van der Waals surface area contributed by atoms with Crippen molar-refractivity contribution in [3.8, 4) is 0 Å². The molecule has 0 saturated heterocycles. The zero-order chi connectivity index (χ0) is 10.1. The Hall–Kier alpha value is 0.0934. The van der Waals surface area contributed by atoms with Gasteiger partial charge < -0.3 is 0 Å². The molecule has 0 aliphatic rings. The number of halogens is 2. The molecule has 1 nitrogen and oxygen atoms in total. The van der Waals surface area contributed by atoms with E-state index in [-0.39, 0.29) is 5.78 Å². The number of Topliss-reactive ketones (excluding diaryl/α,β-unsaturated/α-hetero) is 1. The van der Waals surface area contributed by atoms with E-state index in [1.54, 1.807) is 0 Å². The van der Waals surface area contributed by atoms with Crippen molar-refractivity contribution in [2.75, 3.05) is 0 Å². The topological polar surface area (TPSA) is 17.1 Å². The molecule has 0 N–H and O–H groups in total. The van der Waals surface area contributed by atoms with Crippen LogP contribution >= 0.6 is 19.4 Å². The molecule has 0 fully saturated rings. The molecule has 1 aromatic rings. The Labute approximate surface area is 94.1 Å². The van der Waals surface area contributed by atoms with Crippen molar-refractivity contribution in [2.45, 2.75) is 13.3 Å². The van der Waals surface area contributed by atoms with Crippen molar-refractivity contribution < 1.29 is 19.9 Å². The van der Waals surface area contributed by atoms with Gasteiger partial charge in [0, 0.05) is 12.0 Å². The Balaban J connectivity index is 0.000000424. The predicted octanol–water partition coefficient (Wildman–Crippen LogP) is 3.66. The summed E-state index contributed by atoms with van der Waals surface area (Å²) in [7, 11) is 9.90. The number of rotatable bonds is 2. The van der Waals surface area contributed by atoms with E-state index in [0.29, 0.717) is 6.42 Å². The van der Waals surface area contributed by atoms with Crippen molar-refractivity contribution >= 4 is 25.2 Å². The predicted molar refractivity (Wildman–Crippen MR) is 52.8 cm³/mol. The molecule has 0 saturated carbocycles. The quantitative estimate of drug-likeness (QED) is 0.592. The van der Waals surface area contributed by atoms with E-state index < -0.39 is 15.1 Å². The van der Waals surface area contributed by atoms with Gasteiger partial charge in [-0.2, -0.15) is 0 Å². The first-order valence-electron chi connectivity index (χ1n) is 3.96. The fourth-order valence-electron chi connectivity index (χ4n) is 0.828. The molecule has 0 heterocycles. The van der Waals surface area contributed by atoms with Crippen LogP contribution in [0, 0.1) is 0 Å². The first kappa shape index (κ1) is 13.1. The van der Waals surface area contributed by atoms with Gasteiger partial charge in [0.05, 0.1) is 0 Å². The third-order valence-corrected chi connectivity index (χ3v) is 1.42. The summed E-state index contributed by atoms with van der Waals surface area (Å²) in [6.07, 6.45) is 0.587. The summed E-state index contributed by atoms with van der Waals surface area (Å²) < 4.78 is 0. The van der Waals surface area contributed by atoms with E-state index >= 15 is 0 Å². The maximum absolute atomic E-state index is 11.0. The van der Waals surface area contributed by atoms with Gasteiger partial charge in [-0.25, -0.2) is 0 Å². The van der Waals surface area contributed by atoms with Gasteiger partial charge in [-0.1, -0.05) is 37.3 Å². The van der Waals surface area contributed by atoms with E-state index in [1.807, 2.05) is 37.3 Å². The third-order valence-electron chi connectivity index (χ3n) is 1.42. The summed E-state index contributed by atoms with van der Waals surface area (Å²) in [4.78, 5) is 11.0. The van der Waals surface area contributed by atoms with E-state index in [9.17, 15) is 4.79 Å². The van der Waals surface area contributed by atoms with E-state index in [0.717, 1.165) is 5.56 Å². The molecule has 0 aliphatic heterocycles. The summed E-state index contributed by atoms with van der Waals surface area (Å²) >= 11 is -0.931. The Morgan fingerprint density at radius 3 is 2.15 bits per heavy atom. The van der Waals surface area contributed by atoms with Crippen LogP contribution in [0.25, 0.3) is 0 Å². The third kappa shape index (κ3) is 6.20. The summed E-state index contributed by atoms with van der Waals surface area (Å²) in [5.41, 5.74) is 0.810. The Morgan fingerprint density at radius 1 is 1.31 bits per heavy atom. The average Bonchev–Trinajstić information content (AvgIpc) is 2.19. The molecule has 4 heteroatoms. The Kier molecular flexibility index (Phi) is 8.74. The van der Waals surface area contributed by atoms with Crippen molar-refractivity contribution in [1.82, 2.24) is 0 Å². The van der Waals surface area contributed by atoms with Crippen molar-refractivity contribution in [3.63, 3.8) is 0 Å². The van der Waals surface area contributed by atoms with Crippen LogP contribution < -0.4 is 0 Å². The molecule has 0 aromatic heterocycles. The molecule has 13 heavy (non-hydrogen) atoms. The van der Waals surface area contributed by atoms with Crippen LogP contribution in [0.3, 0.4) is 0 Å². The minimum atomic E-state index is -0.931. The van der Waals surface area contributed by atoms with E-state index in [4.69, 9.17) is 19.4 Å². The molecule has 0 spiro atoms. The van der Waals surface area contributed by atoms with Crippen LogP contribution in [-0.2, 0) is 15.1 Å². The van der Waals surface area contributed by atoms with Gasteiger partial charge in [0.2, 0.25) is 0 Å². The fourth-order valence-corrected chi connectivity index (χ4v) is 0.828. The number of ketones is 1. The molecular weight excluding hydrogens is 260 g/mol. The number of carbonyl (C=O) groups is 1. The van der Waals surface area contributed by atoms with Crippen LogP contribution in [0.4, 0.5) is 0 Å². The van der Waals surface area contributed by atoms with Gasteiger partial charge in [-0.3, -0.25) is 4.79 Å². The summed E-state index contributed by atoms with van der Waals surface area (Å²) in [6.45, 7) is 1.87. The van der Waals surface area contributed by atoms with Crippen LogP contribution in [0.5, 0.6) is 0 Å². The second-order valence-electron chi connectivity index (χ2n) is 2.24. The van der Waals surface area contributed by atoms with Gasteiger partial charge in [0.1, 0.15) is 0 Å². The molecule has 0 aliphatic carbocycles. The second kappa shape index (κ2) is 8.68. The van der Waals surface area contributed by atoms with Crippen molar-refractivity contribution in [1.29, 1.82) is 0 Å². The van der Waals surface area contributed by atoms with Crippen LogP contribution in [0.15, 0.2) is 30.3 Å². The van der Waals surface area contributed by atoms with Crippen molar-refractivity contribution in [3.05, 3.63) is 35.9 Å². The molecule has 1 rings (SSSR count). The minimum absolute atomic E-state index is 0.209. The molecule has 0 atom stereocenters. The van der Waals surface area contributed by atoms with Crippen LogP contribution in [0.2, 0.25) is 0 Å². The summed E-state index contributed by atoms with van der Waals surface area (Å²) in [6, 6.07) is 9.34. The number of hydrogen-bond donors (Lipinski definition) is 0. The molecular formula is C9H10Cl2OZn. The van der Waals surface area contributed by atoms with Gasteiger partial charge in [0.25, 0.3) is 0 Å². The number of hydrogen-bond acceptors (Lipinski definition) is 1. The fraction of sp³-hybridized carbons (Fsp3) is 0.222. The zero-order valence-corrected chi connectivity index (χ0v) is 11.9. The summed E-state index contributed by atoms with van der Waals surface area (Å²) in [5.74, 6) is 0.209. The van der Waals surface area contributed by atoms with E-state index in [1.165, 1.54) is 0 Å². The van der Waals surface area contributed by atoms with Crippen LogP contribution in [-0.4, -0.2) is 5.78 Å². The average molecular weight is 270 g/mol. The molecule has 68 valence electrons. The van der Waals surface area contributed by atoms with Gasteiger partial charge in [0.15, 0.2) is 5.78 Å². The second-order valence-corrected chi connectivity index (χ2v) is 6.87. The van der Waals surface area contributed by atoms with Gasteiger partial charge in [-0.05, 0) is 0 Å². The first-order valence-corrected chi connectivity index (χ1v) is 11.8. The molecule has 0 radical (unpaired) electrons. The zero-order valence-electron chi connectivity index (χ0n) is 7.47. The summed E-state index contributed by atoms with van der Waals surface area (Å²) in [5, 5.41) is 0. The molecule has 0 amide bonds. The molecule has 0 unspecified atom stereocenters. The maximum atomic E-state index is 11.0. The SMILES string of the molecule is CCC(=O)c1ccccc1.[Cl][Zn][Cl]. The monoisotopic (exact) mass is 268 g/mol. The Bertz CT molecular complexity index is 239. The molecule has 1 aromatic carbocycles. The Morgan fingerprint density at radius 2 is 1.77 bits per heavy atom. The number of benzene rings is 1. The normalized spacial score (nSPS) is 7.92. The standard InChI is InChI=1S/C9H10O.2ClH.Zn/c1-2-9(10)8-6-4-3-5-7-8;;;/h3-7H,2H2,1H3;2*1H;/q;;;+2/p-2. The van der Waals surface area contributed by atoms with Gasteiger partial charge >= 0.3 is 34.5 Å². The van der Waals surface area contributed by atoms with Gasteiger partial charge in [-0.15, -0.1) is 0 Å². The van der Waals surface area contributed by atoms with E-state index in [2.05, 4.69) is 0 Å².